The number of ether oxygens (including phenoxy) is 1. The van der Waals surface area contributed by atoms with Gasteiger partial charge in [-0.3, -0.25) is 23.9 Å². The molecule has 1 saturated carbocycles. The smallest absolute Gasteiger partial charge is 0.381 e. The van der Waals surface area contributed by atoms with E-state index in [-0.39, 0.29) is 17.6 Å². The van der Waals surface area contributed by atoms with Gasteiger partial charge in [0.2, 0.25) is 0 Å². The van der Waals surface area contributed by atoms with Crippen LogP contribution in [0.15, 0.2) is 71.9 Å². The van der Waals surface area contributed by atoms with E-state index in [1.807, 2.05) is 31.0 Å². The molecule has 4 atom stereocenters. The summed E-state index contributed by atoms with van der Waals surface area (Å²) >= 11 is 6.95. The molecule has 63 heavy (non-hydrogen) atoms. The summed E-state index contributed by atoms with van der Waals surface area (Å²) in [7, 11) is 1.83. The zero-order valence-corrected chi connectivity index (χ0v) is 36.2. The molecule has 3 aromatic carbocycles. The molecule has 4 aromatic heterocycles. The third-order valence-corrected chi connectivity index (χ3v) is 14.4. The largest absolute Gasteiger partial charge is 0.427 e. The molecular weight excluding hydrogens is 827 g/mol. The molecule has 1 aliphatic carbocycles. The third kappa shape index (κ3) is 5.94. The van der Waals surface area contributed by atoms with Crippen LogP contribution in [-0.4, -0.2) is 76.1 Å². The molecule has 1 unspecified atom stereocenters. The molecule has 0 spiro atoms. The van der Waals surface area contributed by atoms with Crippen LogP contribution in [0.25, 0.3) is 39.0 Å². The highest BCUT2D eigenvalue weighted by molar-refractivity contribution is 6.37. The van der Waals surface area contributed by atoms with E-state index < -0.39 is 29.5 Å². The van der Waals surface area contributed by atoms with E-state index in [0.717, 1.165) is 35.0 Å². The Hall–Kier alpha value is -6.23. The number of hydrogen-bond acceptors (Lipinski definition) is 8. The van der Waals surface area contributed by atoms with E-state index in [2.05, 4.69) is 45.6 Å². The number of imidazole rings is 1. The number of carbonyl (C=O) groups excluding carboxylic acids is 2. The molecule has 2 amide bonds. The van der Waals surface area contributed by atoms with Gasteiger partial charge in [-0.05, 0) is 111 Å². The van der Waals surface area contributed by atoms with E-state index >= 15 is 9.18 Å². The van der Waals surface area contributed by atoms with Gasteiger partial charge >= 0.3 is 11.8 Å². The van der Waals surface area contributed by atoms with Crippen molar-refractivity contribution >= 4 is 45.4 Å². The predicted molar refractivity (Wildman–Crippen MR) is 233 cm³/mol. The van der Waals surface area contributed by atoms with Crippen molar-refractivity contribution in [1.29, 1.82) is 0 Å². The van der Waals surface area contributed by atoms with E-state index in [4.69, 9.17) is 26.3 Å². The van der Waals surface area contributed by atoms with Crippen LogP contribution in [-0.2, 0) is 28.6 Å². The maximum Gasteiger partial charge on any atom is 0.427 e. The quantitative estimate of drug-likeness (QED) is 0.174. The van der Waals surface area contributed by atoms with Crippen LogP contribution in [0.1, 0.15) is 83.5 Å². The summed E-state index contributed by atoms with van der Waals surface area (Å²) in [6.45, 7) is 9.25. The number of hydroxylamine groups is 1. The normalized spacial score (nSPS) is 22.5. The Bertz CT molecular complexity index is 3100. The highest BCUT2D eigenvalue weighted by Crippen LogP contribution is 2.55. The first-order chi connectivity index (χ1) is 30.3. The molecule has 15 nitrogen and oxygen atoms in total. The highest BCUT2D eigenvalue weighted by atomic mass is 35.5. The van der Waals surface area contributed by atoms with Crippen molar-refractivity contribution in [2.75, 3.05) is 19.8 Å². The second kappa shape index (κ2) is 14.4. The first-order valence-electron chi connectivity index (χ1n) is 21.4. The third-order valence-electron chi connectivity index (χ3n) is 14.0. The summed E-state index contributed by atoms with van der Waals surface area (Å²) in [4.78, 5) is 49.7. The van der Waals surface area contributed by atoms with Gasteiger partial charge in [0.1, 0.15) is 23.5 Å². The number of nitrogens with zero attached hydrogens (tertiary/aromatic N) is 8. The average molecular weight is 873 g/mol. The van der Waals surface area contributed by atoms with Crippen LogP contribution >= 0.6 is 11.6 Å². The molecule has 7 aromatic rings. The minimum atomic E-state index is -0.687. The fourth-order valence-corrected chi connectivity index (χ4v) is 10.8. The number of halogens is 2. The summed E-state index contributed by atoms with van der Waals surface area (Å²) in [6, 6.07) is 15.0. The molecule has 2 N–H and O–H groups in total. The lowest BCUT2D eigenvalue weighted by molar-refractivity contribution is 0.0653. The lowest BCUT2D eigenvalue weighted by atomic mass is 9.91. The lowest BCUT2D eigenvalue weighted by Gasteiger charge is -2.35. The standard InChI is InChI=1S/C46H46ClFN10O5/c1-24-18-31(19-25(2)40(24)48)58-41(56-15-14-55(45(56)61)36-9-8-35-32(39(36)47)23-49-53(35)5)38-27(4)54(13-10-33(38)51-58)42(59)37-21-30-20-29(28-11-16-62-17-12-28)6-7-34(30)57(37)46(22-26(46)3)43-50-44(60)63-52-43/h6-9,14-15,18-21,23,26-28,43,52H,10-13,16-17,22H2,1-5H3,(H,50,60)/t26-,27-,43?,46-/m0/s1. The fourth-order valence-electron chi connectivity index (χ4n) is 10.5. The second-order valence-electron chi connectivity index (χ2n) is 17.6. The summed E-state index contributed by atoms with van der Waals surface area (Å²) in [5.74, 6) is 0.361. The maximum absolute atomic E-state index is 15.5. The predicted octanol–water partition coefficient (Wildman–Crippen LogP) is 7.02. The van der Waals surface area contributed by atoms with Crippen molar-refractivity contribution in [2.24, 2.45) is 13.0 Å². The molecule has 17 heteroatoms. The summed E-state index contributed by atoms with van der Waals surface area (Å²) < 4.78 is 29.3. The topological polar surface area (TPSA) is 147 Å². The minimum absolute atomic E-state index is 0.0930. The first kappa shape index (κ1) is 39.6. The number of carbonyl (C=O) groups is 2. The monoisotopic (exact) mass is 872 g/mol. The summed E-state index contributed by atoms with van der Waals surface area (Å²) in [5.41, 5.74) is 8.56. The second-order valence-corrected chi connectivity index (χ2v) is 18.0. The number of aryl methyl sites for hydroxylation is 3. The molecule has 11 rings (SSSR count). The van der Waals surface area contributed by atoms with Gasteiger partial charge in [0.15, 0.2) is 0 Å². The number of benzene rings is 3. The molecule has 0 bridgehead atoms. The summed E-state index contributed by atoms with van der Waals surface area (Å²) in [5, 5.41) is 14.4. The Labute approximate surface area is 365 Å². The van der Waals surface area contributed by atoms with E-state index in [9.17, 15) is 9.59 Å². The van der Waals surface area contributed by atoms with Crippen molar-refractivity contribution in [3.05, 3.63) is 122 Å². The SMILES string of the molecule is Cc1cc(-n2nc3c(c2-n2ccn(-c4ccc5c(cnn5C)c4Cl)c2=O)[C@H](C)N(C(=O)c2cc4cc(C5CCOCC5)ccc4n2[C@@]2(C4NOC(=O)N4)C[C@@H]2C)CC3)cc(C)c1F. The van der Waals surface area contributed by atoms with Gasteiger partial charge in [-0.2, -0.15) is 10.2 Å². The molecule has 4 aliphatic rings. The van der Waals surface area contributed by atoms with Crippen LogP contribution in [0.3, 0.4) is 0 Å². The Morgan fingerprint density at radius 2 is 1.71 bits per heavy atom. The van der Waals surface area contributed by atoms with Crippen LogP contribution < -0.4 is 16.5 Å². The molecule has 3 aliphatic heterocycles. The van der Waals surface area contributed by atoms with E-state index in [1.165, 1.54) is 14.7 Å². The molecule has 3 fully saturated rings. The molecule has 0 radical (unpaired) electrons. The van der Waals surface area contributed by atoms with Gasteiger partial charge in [0.05, 0.1) is 45.4 Å². The Balaban J connectivity index is 1.05. The first-order valence-corrected chi connectivity index (χ1v) is 21.8. The zero-order valence-electron chi connectivity index (χ0n) is 35.5. The number of aromatic nitrogens is 7. The maximum atomic E-state index is 15.5. The fraction of sp³-hybridized carbons (Fsp3) is 0.370. The van der Waals surface area contributed by atoms with Gasteiger partial charge in [-0.15, -0.1) is 5.48 Å². The van der Waals surface area contributed by atoms with Crippen LogP contribution in [0.4, 0.5) is 9.18 Å². The zero-order chi connectivity index (χ0) is 43.6. The lowest BCUT2D eigenvalue weighted by Crippen LogP contribution is -2.49. The average Bonchev–Trinajstić information content (AvgIpc) is 3.91. The van der Waals surface area contributed by atoms with Gasteiger partial charge in [0, 0.05) is 67.5 Å². The van der Waals surface area contributed by atoms with Gasteiger partial charge in [-0.25, -0.2) is 18.7 Å². The number of nitrogens with one attached hydrogen (secondary N) is 2. The van der Waals surface area contributed by atoms with Crippen LogP contribution in [0.5, 0.6) is 0 Å². The number of fused-ring (bicyclic) bond motifs is 3. The van der Waals surface area contributed by atoms with Gasteiger partial charge in [0.25, 0.3) is 5.91 Å². The summed E-state index contributed by atoms with van der Waals surface area (Å²) in [6.07, 6.45) is 6.82. The van der Waals surface area contributed by atoms with E-state index in [0.29, 0.717) is 88.5 Å². The van der Waals surface area contributed by atoms with Crippen molar-refractivity contribution in [2.45, 2.75) is 77.0 Å². The van der Waals surface area contributed by atoms with Crippen molar-refractivity contribution in [1.82, 2.24) is 49.0 Å². The molecule has 2 saturated heterocycles. The van der Waals surface area contributed by atoms with Gasteiger partial charge < -0.3 is 19.0 Å². The minimum Gasteiger partial charge on any atom is -0.381 e. The Morgan fingerprint density at radius 1 is 0.984 bits per heavy atom. The number of rotatable bonds is 7. The number of amides is 2. The number of hydrogen-bond donors (Lipinski definition) is 2. The highest BCUT2D eigenvalue weighted by Gasteiger charge is 2.62. The van der Waals surface area contributed by atoms with Crippen molar-refractivity contribution < 1.29 is 23.6 Å². The molecule has 7 heterocycles. The van der Waals surface area contributed by atoms with Crippen LogP contribution in [0, 0.1) is 25.6 Å². The van der Waals surface area contributed by atoms with E-state index in [1.54, 1.807) is 60.0 Å². The van der Waals surface area contributed by atoms with Gasteiger partial charge in [-0.1, -0.05) is 24.6 Å². The Kier molecular flexibility index (Phi) is 9.06. The van der Waals surface area contributed by atoms with Crippen molar-refractivity contribution in [3.63, 3.8) is 0 Å². The molecule has 324 valence electrons. The van der Waals surface area contributed by atoms with Crippen molar-refractivity contribution in [3.8, 4) is 17.2 Å². The Morgan fingerprint density at radius 3 is 2.43 bits per heavy atom. The molecular formula is C46H46ClFN10O5. The van der Waals surface area contributed by atoms with Crippen LogP contribution in [0.2, 0.25) is 5.02 Å².